The van der Waals surface area contributed by atoms with Gasteiger partial charge in [-0.15, -0.1) is 0 Å². The monoisotopic (exact) mass is 272 g/mol. The van der Waals surface area contributed by atoms with E-state index in [0.717, 1.165) is 16.5 Å². The number of hydrogen-bond acceptors (Lipinski definition) is 3. The van der Waals surface area contributed by atoms with Crippen molar-refractivity contribution in [2.24, 2.45) is 5.41 Å². The molecule has 0 amide bonds. The van der Waals surface area contributed by atoms with E-state index in [0.29, 0.717) is 0 Å². The number of hydrogen-bond donors (Lipinski definition) is 1. The summed E-state index contributed by atoms with van der Waals surface area (Å²) in [6.45, 7) is 6.58. The van der Waals surface area contributed by atoms with Gasteiger partial charge in [0.1, 0.15) is 0 Å². The summed E-state index contributed by atoms with van der Waals surface area (Å²) < 4.78 is 5.74. The lowest BCUT2D eigenvalue weighted by Gasteiger charge is -2.36. The van der Waals surface area contributed by atoms with E-state index in [1.165, 1.54) is 0 Å². The number of nitrogens with one attached hydrogen (secondary N) is 1. The summed E-state index contributed by atoms with van der Waals surface area (Å²) in [7, 11) is 3.74. The van der Waals surface area contributed by atoms with Crippen molar-refractivity contribution in [3.05, 3.63) is 42.1 Å². The highest BCUT2D eigenvalue weighted by molar-refractivity contribution is 5.78. The quantitative estimate of drug-likeness (QED) is 0.924. The zero-order valence-corrected chi connectivity index (χ0v) is 13.0. The summed E-state index contributed by atoms with van der Waals surface area (Å²) in [5.74, 6) is 0. The molecule has 1 heterocycles. The smallest absolute Gasteiger partial charge is 0.0814 e. The molecule has 0 aliphatic rings. The molecule has 2 rings (SSSR count). The Balaban J connectivity index is 2.43. The van der Waals surface area contributed by atoms with Crippen LogP contribution in [0.25, 0.3) is 10.9 Å². The van der Waals surface area contributed by atoms with Crippen molar-refractivity contribution in [1.29, 1.82) is 0 Å². The average Bonchev–Trinajstić information content (AvgIpc) is 2.42. The Morgan fingerprint density at radius 1 is 1.20 bits per heavy atom. The maximum Gasteiger partial charge on any atom is 0.0814 e. The third-order valence-electron chi connectivity index (χ3n) is 3.69. The summed E-state index contributed by atoms with van der Waals surface area (Å²) in [5, 5.41) is 4.54. The van der Waals surface area contributed by atoms with Crippen molar-refractivity contribution >= 4 is 10.9 Å². The standard InChI is InChI=1S/C17H24N2O/c1-17(2,3)16(20-5)15(18-4)13-10-12-8-6-7-9-14(12)19-11-13/h6-11,15-16,18H,1-5H3. The van der Waals surface area contributed by atoms with E-state index in [1.54, 1.807) is 7.11 Å². The van der Waals surface area contributed by atoms with E-state index in [-0.39, 0.29) is 17.6 Å². The molecule has 0 aliphatic heterocycles. The molecule has 0 spiro atoms. The number of nitrogens with zero attached hydrogens (tertiary/aromatic N) is 1. The van der Waals surface area contributed by atoms with Gasteiger partial charge in [-0.25, -0.2) is 0 Å². The number of aromatic nitrogens is 1. The molecule has 2 unspecified atom stereocenters. The van der Waals surface area contributed by atoms with Gasteiger partial charge in [-0.2, -0.15) is 0 Å². The molecule has 2 atom stereocenters. The fourth-order valence-corrected chi connectivity index (χ4v) is 2.74. The largest absolute Gasteiger partial charge is 0.379 e. The van der Waals surface area contributed by atoms with Gasteiger partial charge in [0, 0.05) is 18.7 Å². The van der Waals surface area contributed by atoms with E-state index >= 15 is 0 Å². The molecule has 1 N–H and O–H groups in total. The highest BCUT2D eigenvalue weighted by atomic mass is 16.5. The van der Waals surface area contributed by atoms with Gasteiger partial charge in [0.2, 0.25) is 0 Å². The first-order valence-electron chi connectivity index (χ1n) is 7.02. The number of pyridine rings is 1. The maximum absolute atomic E-state index is 5.74. The highest BCUT2D eigenvalue weighted by Gasteiger charge is 2.32. The number of rotatable bonds is 4. The summed E-state index contributed by atoms with van der Waals surface area (Å²) in [6, 6.07) is 10.5. The van der Waals surface area contributed by atoms with Crippen LogP contribution >= 0.6 is 0 Å². The van der Waals surface area contributed by atoms with Crippen LogP contribution < -0.4 is 5.32 Å². The highest BCUT2D eigenvalue weighted by Crippen LogP contribution is 2.32. The van der Waals surface area contributed by atoms with Crippen molar-refractivity contribution in [3.8, 4) is 0 Å². The molecule has 20 heavy (non-hydrogen) atoms. The average molecular weight is 272 g/mol. The van der Waals surface area contributed by atoms with Crippen LogP contribution in [-0.2, 0) is 4.74 Å². The van der Waals surface area contributed by atoms with E-state index in [9.17, 15) is 0 Å². The molecule has 3 heteroatoms. The second-order valence-corrected chi connectivity index (χ2v) is 6.25. The Hall–Kier alpha value is -1.45. The molecule has 0 aliphatic carbocycles. The molecule has 0 saturated heterocycles. The van der Waals surface area contributed by atoms with Crippen molar-refractivity contribution in [3.63, 3.8) is 0 Å². The molecule has 0 fully saturated rings. The Morgan fingerprint density at radius 3 is 2.50 bits per heavy atom. The fraction of sp³-hybridized carbons (Fsp3) is 0.471. The Labute approximate surface area is 121 Å². The normalized spacial score (nSPS) is 15.2. The van der Waals surface area contributed by atoms with Crippen molar-refractivity contribution in [2.75, 3.05) is 14.2 Å². The van der Waals surface area contributed by atoms with Crippen LogP contribution in [0.3, 0.4) is 0 Å². The predicted octanol–water partition coefficient (Wildman–Crippen LogP) is 3.56. The van der Waals surface area contributed by atoms with Gasteiger partial charge < -0.3 is 10.1 Å². The van der Waals surface area contributed by atoms with Gasteiger partial charge in [0.05, 0.1) is 17.7 Å². The van der Waals surface area contributed by atoms with Crippen LogP contribution in [0.1, 0.15) is 32.4 Å². The van der Waals surface area contributed by atoms with Gasteiger partial charge in [-0.05, 0) is 30.2 Å². The van der Waals surface area contributed by atoms with Gasteiger partial charge in [0.25, 0.3) is 0 Å². The van der Waals surface area contributed by atoms with Crippen molar-refractivity contribution in [1.82, 2.24) is 10.3 Å². The Kier molecular flexibility index (Phi) is 4.41. The predicted molar refractivity (Wildman–Crippen MR) is 83.8 cm³/mol. The van der Waals surface area contributed by atoms with Crippen LogP contribution in [-0.4, -0.2) is 25.2 Å². The lowest BCUT2D eigenvalue weighted by molar-refractivity contribution is -0.0102. The first kappa shape index (κ1) is 14.9. The summed E-state index contributed by atoms with van der Waals surface area (Å²) in [6.07, 6.45) is 2.02. The minimum absolute atomic E-state index is 0.0497. The van der Waals surface area contributed by atoms with E-state index in [1.807, 2.05) is 31.4 Å². The molecule has 3 nitrogen and oxygen atoms in total. The molecule has 1 aromatic heterocycles. The van der Waals surface area contributed by atoms with E-state index in [4.69, 9.17) is 4.74 Å². The number of benzene rings is 1. The fourth-order valence-electron chi connectivity index (χ4n) is 2.74. The third kappa shape index (κ3) is 3.00. The molecular weight excluding hydrogens is 248 g/mol. The zero-order valence-electron chi connectivity index (χ0n) is 13.0. The second kappa shape index (κ2) is 5.90. The van der Waals surface area contributed by atoms with Crippen molar-refractivity contribution in [2.45, 2.75) is 32.9 Å². The topological polar surface area (TPSA) is 34.2 Å². The van der Waals surface area contributed by atoms with E-state index < -0.39 is 0 Å². The van der Waals surface area contributed by atoms with Crippen LogP contribution in [0.15, 0.2) is 36.5 Å². The van der Waals surface area contributed by atoms with Crippen LogP contribution in [0.4, 0.5) is 0 Å². The van der Waals surface area contributed by atoms with Gasteiger partial charge in [-0.1, -0.05) is 39.0 Å². The lowest BCUT2D eigenvalue weighted by Crippen LogP contribution is -2.40. The first-order valence-corrected chi connectivity index (χ1v) is 7.02. The molecule has 0 radical (unpaired) electrons. The SMILES string of the molecule is CNC(c1cnc2ccccc2c1)C(OC)C(C)(C)C. The number of ether oxygens (including phenoxy) is 1. The summed E-state index contributed by atoms with van der Waals surface area (Å²) >= 11 is 0. The molecule has 0 saturated carbocycles. The van der Waals surface area contributed by atoms with E-state index in [2.05, 4.69) is 43.2 Å². The van der Waals surface area contributed by atoms with Crippen molar-refractivity contribution < 1.29 is 4.74 Å². The molecule has 1 aromatic carbocycles. The second-order valence-electron chi connectivity index (χ2n) is 6.25. The minimum atomic E-state index is 0.0497. The van der Waals surface area contributed by atoms with Crippen LogP contribution in [0.5, 0.6) is 0 Å². The van der Waals surface area contributed by atoms with Crippen LogP contribution in [0.2, 0.25) is 0 Å². The van der Waals surface area contributed by atoms with Gasteiger partial charge in [0.15, 0.2) is 0 Å². The Bertz CT molecular complexity index is 574. The first-order chi connectivity index (χ1) is 9.47. The molecule has 0 bridgehead atoms. The maximum atomic E-state index is 5.74. The third-order valence-corrected chi connectivity index (χ3v) is 3.69. The summed E-state index contributed by atoms with van der Waals surface area (Å²) in [4.78, 5) is 4.55. The van der Waals surface area contributed by atoms with Crippen LogP contribution in [0, 0.1) is 5.41 Å². The number of para-hydroxylation sites is 1. The minimum Gasteiger partial charge on any atom is -0.379 e. The number of fused-ring (bicyclic) bond motifs is 1. The lowest BCUT2D eigenvalue weighted by atomic mass is 9.82. The summed E-state index contributed by atoms with van der Waals surface area (Å²) in [5.41, 5.74) is 2.23. The molecular formula is C17H24N2O. The number of likely N-dealkylation sites (N-methyl/N-ethyl adjacent to an activating group) is 1. The number of methoxy groups -OCH3 is 1. The molecule has 108 valence electrons. The zero-order chi connectivity index (χ0) is 14.8. The van der Waals surface area contributed by atoms with Gasteiger partial charge >= 0.3 is 0 Å². The van der Waals surface area contributed by atoms with Gasteiger partial charge in [-0.3, -0.25) is 4.98 Å². The Morgan fingerprint density at radius 2 is 1.90 bits per heavy atom. The molecule has 2 aromatic rings.